The summed E-state index contributed by atoms with van der Waals surface area (Å²) in [5, 5.41) is 6.07. The van der Waals surface area contributed by atoms with Crippen LogP contribution in [0.1, 0.15) is 0 Å². The monoisotopic (exact) mass is 274 g/mol. The molecule has 2 fully saturated rings. The molecule has 2 aliphatic rings. The van der Waals surface area contributed by atoms with Gasteiger partial charge in [0.15, 0.2) is 0 Å². The average molecular weight is 274 g/mol. The van der Waals surface area contributed by atoms with Crippen molar-refractivity contribution in [1.29, 1.82) is 0 Å². The molecule has 106 valence electrons. The summed E-state index contributed by atoms with van der Waals surface area (Å²) >= 11 is 0. The van der Waals surface area contributed by atoms with Crippen molar-refractivity contribution >= 4 is 17.6 Å². The van der Waals surface area contributed by atoms with Crippen LogP contribution in [-0.2, 0) is 4.79 Å². The highest BCUT2D eigenvalue weighted by molar-refractivity contribution is 5.94. The summed E-state index contributed by atoms with van der Waals surface area (Å²) in [6, 6.07) is 9.45. The molecule has 1 unspecified atom stereocenters. The number of benzene rings is 1. The number of hydrogen-bond donors (Lipinski definition) is 2. The maximum Gasteiger partial charge on any atom is 0.320 e. The molecule has 1 aromatic rings. The van der Waals surface area contributed by atoms with Crippen LogP contribution in [0.5, 0.6) is 0 Å². The molecule has 2 heterocycles. The van der Waals surface area contributed by atoms with E-state index in [0.29, 0.717) is 6.54 Å². The number of nitrogens with zero attached hydrogens (tertiary/aromatic N) is 2. The van der Waals surface area contributed by atoms with Gasteiger partial charge in [-0.2, -0.15) is 0 Å². The highest BCUT2D eigenvalue weighted by Gasteiger charge is 2.38. The molecule has 0 radical (unpaired) electrons. The number of anilines is 1. The van der Waals surface area contributed by atoms with Gasteiger partial charge in [0.25, 0.3) is 0 Å². The summed E-state index contributed by atoms with van der Waals surface area (Å²) < 4.78 is 0. The minimum Gasteiger partial charge on any atom is -0.325 e. The van der Waals surface area contributed by atoms with Crippen molar-refractivity contribution in [3.8, 4) is 0 Å². The molecule has 6 heteroatoms. The summed E-state index contributed by atoms with van der Waals surface area (Å²) in [7, 11) is 0. The fourth-order valence-corrected chi connectivity index (χ4v) is 2.72. The van der Waals surface area contributed by atoms with Crippen molar-refractivity contribution in [2.24, 2.45) is 0 Å². The second kappa shape index (κ2) is 5.50. The van der Waals surface area contributed by atoms with Crippen LogP contribution in [-0.4, -0.2) is 60.5 Å². The molecule has 0 spiro atoms. The molecule has 0 saturated carbocycles. The zero-order chi connectivity index (χ0) is 13.9. The number of piperazine rings is 1. The van der Waals surface area contributed by atoms with E-state index in [2.05, 4.69) is 10.6 Å². The quantitative estimate of drug-likeness (QED) is 0.835. The summed E-state index contributed by atoms with van der Waals surface area (Å²) in [6.07, 6.45) is 0. The van der Waals surface area contributed by atoms with Gasteiger partial charge < -0.3 is 20.4 Å². The third-order valence-electron chi connectivity index (χ3n) is 3.69. The molecular weight excluding hydrogens is 256 g/mol. The number of nitrogens with one attached hydrogen (secondary N) is 2. The Labute approximate surface area is 117 Å². The number of rotatable bonds is 3. The Morgan fingerprint density at radius 3 is 2.90 bits per heavy atom. The van der Waals surface area contributed by atoms with Crippen LogP contribution < -0.4 is 10.6 Å². The Hall–Kier alpha value is -2.08. The molecule has 3 rings (SSSR count). The van der Waals surface area contributed by atoms with Gasteiger partial charge in [0.2, 0.25) is 5.91 Å². The van der Waals surface area contributed by atoms with Crippen LogP contribution in [0.3, 0.4) is 0 Å². The smallest absolute Gasteiger partial charge is 0.320 e. The highest BCUT2D eigenvalue weighted by Crippen LogP contribution is 2.17. The van der Waals surface area contributed by atoms with Crippen molar-refractivity contribution in [2.45, 2.75) is 6.04 Å². The number of carbonyl (C=O) groups excluding carboxylic acids is 2. The molecule has 3 amide bonds. The molecule has 1 atom stereocenters. The first kappa shape index (κ1) is 12.9. The number of hydrogen-bond acceptors (Lipinski definition) is 3. The second-order valence-corrected chi connectivity index (χ2v) is 5.13. The van der Waals surface area contributed by atoms with Crippen molar-refractivity contribution in [3.63, 3.8) is 0 Å². The molecule has 0 aliphatic carbocycles. The van der Waals surface area contributed by atoms with Crippen LogP contribution in [0.2, 0.25) is 0 Å². The average Bonchev–Trinajstić information content (AvgIpc) is 2.77. The number of carbonyl (C=O) groups is 2. The van der Waals surface area contributed by atoms with E-state index >= 15 is 0 Å². The SMILES string of the molecule is O=C(CN1CC2CNCCN2C1=O)Nc1ccccc1. The maximum atomic E-state index is 12.2. The van der Waals surface area contributed by atoms with E-state index in [-0.39, 0.29) is 24.5 Å². The number of amides is 3. The third kappa shape index (κ3) is 2.60. The fourth-order valence-electron chi connectivity index (χ4n) is 2.72. The third-order valence-corrected chi connectivity index (χ3v) is 3.69. The van der Waals surface area contributed by atoms with Gasteiger partial charge in [-0.25, -0.2) is 4.79 Å². The van der Waals surface area contributed by atoms with Gasteiger partial charge in [0.1, 0.15) is 6.54 Å². The van der Waals surface area contributed by atoms with Crippen molar-refractivity contribution in [3.05, 3.63) is 30.3 Å². The van der Waals surface area contributed by atoms with Gasteiger partial charge in [-0.15, -0.1) is 0 Å². The van der Waals surface area contributed by atoms with Gasteiger partial charge in [-0.1, -0.05) is 18.2 Å². The van der Waals surface area contributed by atoms with E-state index in [1.54, 1.807) is 4.90 Å². The topological polar surface area (TPSA) is 64.7 Å². The zero-order valence-corrected chi connectivity index (χ0v) is 11.2. The number of urea groups is 1. The van der Waals surface area contributed by atoms with Crippen LogP contribution in [0.4, 0.5) is 10.5 Å². The maximum absolute atomic E-state index is 12.2. The lowest BCUT2D eigenvalue weighted by atomic mass is 10.2. The van der Waals surface area contributed by atoms with Crippen molar-refractivity contribution in [2.75, 3.05) is 38.0 Å². The molecule has 6 nitrogen and oxygen atoms in total. The predicted octanol–water partition coefficient (Wildman–Crippen LogP) is 0.335. The first-order chi connectivity index (χ1) is 9.74. The van der Waals surface area contributed by atoms with Gasteiger partial charge >= 0.3 is 6.03 Å². The summed E-state index contributed by atoms with van der Waals surface area (Å²) in [5.41, 5.74) is 0.753. The number of fused-ring (bicyclic) bond motifs is 1. The van der Waals surface area contributed by atoms with Crippen molar-refractivity contribution in [1.82, 2.24) is 15.1 Å². The Bertz CT molecular complexity index is 505. The van der Waals surface area contributed by atoms with Crippen LogP contribution >= 0.6 is 0 Å². The lowest BCUT2D eigenvalue weighted by molar-refractivity contribution is -0.116. The van der Waals surface area contributed by atoms with E-state index < -0.39 is 0 Å². The van der Waals surface area contributed by atoms with Gasteiger partial charge in [-0.3, -0.25) is 4.79 Å². The van der Waals surface area contributed by atoms with E-state index in [1.807, 2.05) is 35.2 Å². The lowest BCUT2D eigenvalue weighted by Crippen LogP contribution is -2.49. The van der Waals surface area contributed by atoms with Gasteiger partial charge in [0.05, 0.1) is 6.04 Å². The minimum atomic E-state index is -0.155. The zero-order valence-electron chi connectivity index (χ0n) is 11.2. The van der Waals surface area contributed by atoms with Gasteiger partial charge in [0, 0.05) is 31.9 Å². The predicted molar refractivity (Wildman–Crippen MR) is 75.4 cm³/mol. The molecule has 2 aliphatic heterocycles. The Balaban J connectivity index is 1.58. The van der Waals surface area contributed by atoms with Crippen LogP contribution in [0, 0.1) is 0 Å². The molecule has 20 heavy (non-hydrogen) atoms. The largest absolute Gasteiger partial charge is 0.325 e. The molecular formula is C14H18N4O2. The van der Waals surface area contributed by atoms with Crippen molar-refractivity contribution < 1.29 is 9.59 Å². The molecule has 2 saturated heterocycles. The number of para-hydroxylation sites is 1. The first-order valence-electron chi connectivity index (χ1n) is 6.85. The standard InChI is InChI=1S/C14H18N4O2/c19-13(16-11-4-2-1-3-5-11)10-17-9-12-8-15-6-7-18(12)14(17)20/h1-5,12,15H,6-10H2,(H,16,19). The molecule has 0 aromatic heterocycles. The second-order valence-electron chi connectivity index (χ2n) is 5.13. The Morgan fingerprint density at radius 2 is 2.15 bits per heavy atom. The van der Waals surface area contributed by atoms with E-state index in [0.717, 1.165) is 25.3 Å². The molecule has 2 N–H and O–H groups in total. The van der Waals surface area contributed by atoms with E-state index in [4.69, 9.17) is 0 Å². The molecule has 1 aromatic carbocycles. The molecule has 0 bridgehead atoms. The van der Waals surface area contributed by atoms with Gasteiger partial charge in [-0.05, 0) is 12.1 Å². The van der Waals surface area contributed by atoms with Crippen LogP contribution in [0.25, 0.3) is 0 Å². The summed E-state index contributed by atoms with van der Waals surface area (Å²) in [5.74, 6) is -0.155. The fraction of sp³-hybridized carbons (Fsp3) is 0.429. The van der Waals surface area contributed by atoms with Crippen LogP contribution in [0.15, 0.2) is 30.3 Å². The van der Waals surface area contributed by atoms with E-state index in [9.17, 15) is 9.59 Å². The summed E-state index contributed by atoms with van der Waals surface area (Å²) in [6.45, 7) is 3.09. The minimum absolute atomic E-state index is 0.0280. The lowest BCUT2D eigenvalue weighted by Gasteiger charge is -2.28. The summed E-state index contributed by atoms with van der Waals surface area (Å²) in [4.78, 5) is 27.6. The Kier molecular flexibility index (Phi) is 3.56. The normalized spacial score (nSPS) is 21.8. The Morgan fingerprint density at radius 1 is 1.35 bits per heavy atom. The van der Waals surface area contributed by atoms with E-state index in [1.165, 1.54) is 0 Å². The highest BCUT2D eigenvalue weighted by atomic mass is 16.2. The first-order valence-corrected chi connectivity index (χ1v) is 6.85.